The third-order valence-electron chi connectivity index (χ3n) is 5.50. The van der Waals surface area contributed by atoms with E-state index in [9.17, 15) is 0 Å². The Hall–Kier alpha value is -1.35. The van der Waals surface area contributed by atoms with Gasteiger partial charge in [0.15, 0.2) is 0 Å². The number of imidazole rings is 1. The topological polar surface area (TPSA) is 29.9 Å². The van der Waals surface area contributed by atoms with Crippen LogP contribution >= 0.6 is 0 Å². The summed E-state index contributed by atoms with van der Waals surface area (Å²) in [6.45, 7) is 0. The van der Waals surface area contributed by atoms with Crippen molar-refractivity contribution < 1.29 is 0 Å². The lowest BCUT2D eigenvalue weighted by Crippen LogP contribution is -2.35. The van der Waals surface area contributed by atoms with Crippen molar-refractivity contribution in [3.8, 4) is 0 Å². The fourth-order valence-corrected chi connectivity index (χ4v) is 4.17. The van der Waals surface area contributed by atoms with Gasteiger partial charge in [0.1, 0.15) is 5.82 Å². The zero-order valence-corrected chi connectivity index (χ0v) is 12.3. The molecular formula is C17H23N3. The van der Waals surface area contributed by atoms with Crippen molar-refractivity contribution in [1.29, 1.82) is 0 Å². The maximum Gasteiger partial charge on any atom is 0.111 e. The predicted molar refractivity (Wildman–Crippen MR) is 81.6 cm³/mol. The van der Waals surface area contributed by atoms with E-state index in [0.29, 0.717) is 6.04 Å². The average Bonchev–Trinajstić information content (AvgIpc) is 2.95. The van der Waals surface area contributed by atoms with Gasteiger partial charge in [-0.25, -0.2) is 4.98 Å². The van der Waals surface area contributed by atoms with Crippen molar-refractivity contribution in [1.82, 2.24) is 14.9 Å². The van der Waals surface area contributed by atoms with E-state index in [-0.39, 0.29) is 0 Å². The van der Waals surface area contributed by atoms with Crippen molar-refractivity contribution >= 4 is 11.0 Å². The first-order chi connectivity index (χ1) is 9.76. The van der Waals surface area contributed by atoms with Crippen LogP contribution in [-0.4, -0.2) is 22.6 Å². The molecule has 3 heteroatoms. The number of hydrogen-bond acceptors (Lipinski definition) is 2. The minimum atomic E-state index is 0.582. The molecule has 2 aliphatic carbocycles. The van der Waals surface area contributed by atoms with E-state index < -0.39 is 0 Å². The number of nitrogens with zero attached hydrogens (tertiary/aromatic N) is 2. The van der Waals surface area contributed by atoms with Gasteiger partial charge in [0.25, 0.3) is 0 Å². The Kier molecular flexibility index (Phi) is 2.84. The van der Waals surface area contributed by atoms with E-state index in [1.54, 1.807) is 0 Å². The van der Waals surface area contributed by atoms with Crippen LogP contribution in [0.4, 0.5) is 0 Å². The van der Waals surface area contributed by atoms with Crippen molar-refractivity contribution in [3.05, 3.63) is 30.1 Å². The van der Waals surface area contributed by atoms with E-state index in [0.717, 1.165) is 29.7 Å². The zero-order valence-electron chi connectivity index (χ0n) is 12.3. The minimum absolute atomic E-state index is 0.582. The molecule has 1 N–H and O–H groups in total. The van der Waals surface area contributed by atoms with Crippen LogP contribution in [0.5, 0.6) is 0 Å². The Balaban J connectivity index is 1.57. The second-order valence-corrected chi connectivity index (χ2v) is 6.66. The third-order valence-corrected chi connectivity index (χ3v) is 5.50. The van der Waals surface area contributed by atoms with Crippen molar-refractivity contribution in [3.63, 3.8) is 0 Å². The summed E-state index contributed by atoms with van der Waals surface area (Å²) in [4.78, 5) is 4.82. The van der Waals surface area contributed by atoms with Gasteiger partial charge in [0, 0.05) is 19.5 Å². The molecule has 106 valence electrons. The number of rotatable bonds is 4. The second kappa shape index (κ2) is 4.59. The number of aromatic nitrogens is 2. The van der Waals surface area contributed by atoms with Crippen LogP contribution in [0.1, 0.15) is 25.1 Å². The summed E-state index contributed by atoms with van der Waals surface area (Å²) in [6.07, 6.45) is 5.41. The first-order valence-electron chi connectivity index (χ1n) is 7.84. The number of aryl methyl sites for hydroxylation is 1. The van der Waals surface area contributed by atoms with Gasteiger partial charge in [0.05, 0.1) is 11.0 Å². The fourth-order valence-electron chi connectivity index (χ4n) is 4.17. The largest absolute Gasteiger partial charge is 0.331 e. The molecule has 2 saturated carbocycles. The summed E-state index contributed by atoms with van der Waals surface area (Å²) in [5.74, 6) is 4.17. The van der Waals surface area contributed by atoms with Gasteiger partial charge in [-0.15, -0.1) is 0 Å². The molecule has 1 heterocycles. The lowest BCUT2D eigenvalue weighted by Gasteiger charge is -2.24. The van der Waals surface area contributed by atoms with Crippen molar-refractivity contribution in [2.45, 2.75) is 31.7 Å². The molecule has 3 atom stereocenters. The highest BCUT2D eigenvalue weighted by Crippen LogP contribution is 2.55. The van der Waals surface area contributed by atoms with Crippen LogP contribution in [0.3, 0.4) is 0 Å². The lowest BCUT2D eigenvalue weighted by atomic mass is 9.92. The van der Waals surface area contributed by atoms with Crippen LogP contribution in [0.2, 0.25) is 0 Å². The molecular weight excluding hydrogens is 246 g/mol. The number of fused-ring (bicyclic) bond motifs is 2. The summed E-state index contributed by atoms with van der Waals surface area (Å²) in [5.41, 5.74) is 2.36. The van der Waals surface area contributed by atoms with Crippen LogP contribution in [0, 0.1) is 17.8 Å². The van der Waals surface area contributed by atoms with Crippen LogP contribution in [-0.2, 0) is 13.5 Å². The van der Waals surface area contributed by atoms with E-state index >= 15 is 0 Å². The summed E-state index contributed by atoms with van der Waals surface area (Å²) in [6, 6.07) is 9.01. The normalized spacial score (nSPS) is 29.6. The molecule has 1 aromatic heterocycles. The predicted octanol–water partition coefficient (Wildman–Crippen LogP) is 2.75. The first kappa shape index (κ1) is 12.4. The quantitative estimate of drug-likeness (QED) is 0.925. The van der Waals surface area contributed by atoms with Crippen LogP contribution in [0.15, 0.2) is 24.3 Å². The average molecular weight is 269 g/mol. The highest BCUT2D eigenvalue weighted by molar-refractivity contribution is 5.75. The highest BCUT2D eigenvalue weighted by atomic mass is 15.1. The Morgan fingerprint density at radius 3 is 2.70 bits per heavy atom. The molecule has 2 aliphatic rings. The second-order valence-electron chi connectivity index (χ2n) is 6.66. The molecule has 0 radical (unpaired) electrons. The molecule has 4 rings (SSSR count). The summed E-state index contributed by atoms with van der Waals surface area (Å²) >= 11 is 0. The van der Waals surface area contributed by atoms with E-state index in [1.165, 1.54) is 30.6 Å². The zero-order chi connectivity index (χ0) is 13.7. The molecule has 2 aromatic rings. The molecule has 0 spiro atoms. The smallest absolute Gasteiger partial charge is 0.111 e. The number of para-hydroxylation sites is 2. The van der Waals surface area contributed by atoms with E-state index in [2.05, 4.69) is 48.2 Å². The number of likely N-dealkylation sites (N-methyl/N-ethyl adjacent to an activating group) is 1. The van der Waals surface area contributed by atoms with Crippen LogP contribution in [0.25, 0.3) is 11.0 Å². The van der Waals surface area contributed by atoms with Crippen LogP contribution < -0.4 is 5.32 Å². The van der Waals surface area contributed by atoms with Gasteiger partial charge in [-0.05, 0) is 56.2 Å². The molecule has 2 fully saturated rings. The standard InChI is InChI=1S/C17H23N3/c1-18-15(13-8-11-7-12(11)9-13)10-17-19-14-5-3-4-6-16(14)20(17)2/h3-6,11-13,15,18H,7-10H2,1-2H3. The fraction of sp³-hybridized carbons (Fsp3) is 0.588. The maximum absolute atomic E-state index is 4.82. The Labute approximate surface area is 120 Å². The summed E-state index contributed by atoms with van der Waals surface area (Å²) in [5, 5.41) is 3.55. The van der Waals surface area contributed by atoms with E-state index in [1.807, 2.05) is 0 Å². The molecule has 0 amide bonds. The number of benzene rings is 1. The summed E-state index contributed by atoms with van der Waals surface area (Å²) < 4.78 is 2.26. The highest BCUT2D eigenvalue weighted by Gasteiger charge is 2.47. The molecule has 0 bridgehead atoms. The monoisotopic (exact) mass is 269 g/mol. The van der Waals surface area contributed by atoms with E-state index in [4.69, 9.17) is 4.98 Å². The molecule has 20 heavy (non-hydrogen) atoms. The number of hydrogen-bond donors (Lipinski definition) is 1. The van der Waals surface area contributed by atoms with Gasteiger partial charge in [-0.1, -0.05) is 12.1 Å². The molecule has 3 nitrogen and oxygen atoms in total. The van der Waals surface area contributed by atoms with Crippen molar-refractivity contribution in [2.75, 3.05) is 7.05 Å². The Bertz CT molecular complexity index is 620. The summed E-state index contributed by atoms with van der Waals surface area (Å²) in [7, 11) is 4.25. The van der Waals surface area contributed by atoms with Gasteiger partial charge in [0.2, 0.25) is 0 Å². The minimum Gasteiger partial charge on any atom is -0.331 e. The van der Waals surface area contributed by atoms with Gasteiger partial charge >= 0.3 is 0 Å². The maximum atomic E-state index is 4.82. The Morgan fingerprint density at radius 2 is 2.00 bits per heavy atom. The lowest BCUT2D eigenvalue weighted by molar-refractivity contribution is 0.343. The van der Waals surface area contributed by atoms with Crippen molar-refractivity contribution in [2.24, 2.45) is 24.8 Å². The first-order valence-corrected chi connectivity index (χ1v) is 7.84. The molecule has 3 unspecified atom stereocenters. The molecule has 0 saturated heterocycles. The van der Waals surface area contributed by atoms with Gasteiger partial charge in [-0.2, -0.15) is 0 Å². The number of nitrogens with one attached hydrogen (secondary N) is 1. The van der Waals surface area contributed by atoms with Gasteiger partial charge in [-0.3, -0.25) is 0 Å². The molecule has 1 aromatic carbocycles. The SMILES string of the molecule is CNC(Cc1nc2ccccc2n1C)C1CC2CC2C1. The third kappa shape index (κ3) is 1.96. The molecule has 0 aliphatic heterocycles. The Morgan fingerprint density at radius 1 is 1.25 bits per heavy atom. The van der Waals surface area contributed by atoms with Gasteiger partial charge < -0.3 is 9.88 Å².